The van der Waals surface area contributed by atoms with E-state index in [0.717, 1.165) is 5.56 Å². The average molecular weight is 216 g/mol. The van der Waals surface area contributed by atoms with Gasteiger partial charge in [0.25, 0.3) is 0 Å². The summed E-state index contributed by atoms with van der Waals surface area (Å²) in [5.74, 6) is -0.657. The second kappa shape index (κ2) is 4.72. The third-order valence-electron chi connectivity index (χ3n) is 2.31. The van der Waals surface area contributed by atoms with Crippen LogP contribution in [0.2, 0.25) is 0 Å². The van der Waals surface area contributed by atoms with Crippen LogP contribution in [0.4, 0.5) is 4.39 Å². The highest BCUT2D eigenvalue weighted by Crippen LogP contribution is 2.25. The summed E-state index contributed by atoms with van der Waals surface area (Å²) in [7, 11) is 11.6. The molecule has 1 rings (SSSR count). The fourth-order valence-electron chi connectivity index (χ4n) is 1.42. The fourth-order valence-corrected chi connectivity index (χ4v) is 1.42. The smallest absolute Gasteiger partial charge is 0.338 e. The minimum Gasteiger partial charge on any atom is -0.465 e. The summed E-state index contributed by atoms with van der Waals surface area (Å²) in [5, 5.41) is 0. The summed E-state index contributed by atoms with van der Waals surface area (Å²) in [4.78, 5) is 11.4. The molecule has 4 radical (unpaired) electrons. The molecule has 5 heteroatoms. The van der Waals surface area contributed by atoms with Gasteiger partial charge in [-0.15, -0.1) is 0 Å². The van der Waals surface area contributed by atoms with Gasteiger partial charge in [0, 0.05) is 0 Å². The predicted molar refractivity (Wildman–Crippen MR) is 61.5 cm³/mol. The van der Waals surface area contributed by atoms with Crippen LogP contribution in [0.5, 0.6) is 0 Å². The van der Waals surface area contributed by atoms with E-state index >= 15 is 0 Å². The first-order chi connectivity index (χ1) is 7.40. The number of methoxy groups -OCH3 is 1. The lowest BCUT2D eigenvalue weighted by Crippen LogP contribution is -2.24. The van der Waals surface area contributed by atoms with Crippen molar-refractivity contribution in [1.29, 1.82) is 0 Å². The first-order valence-corrected chi connectivity index (χ1v) is 4.88. The van der Waals surface area contributed by atoms with E-state index in [1.807, 2.05) is 6.92 Å². The maximum Gasteiger partial charge on any atom is 0.338 e. The van der Waals surface area contributed by atoms with E-state index in [-0.39, 0.29) is 11.1 Å². The van der Waals surface area contributed by atoms with Crippen molar-refractivity contribution in [3.8, 4) is 0 Å². The number of rotatable bonds is 3. The molecule has 0 atom stereocenters. The van der Waals surface area contributed by atoms with Crippen molar-refractivity contribution >= 4 is 21.7 Å². The summed E-state index contributed by atoms with van der Waals surface area (Å²) in [6.45, 7) is 1.91. The van der Waals surface area contributed by atoms with Crippen LogP contribution in [-0.2, 0) is 16.6 Å². The molecule has 0 unspecified atom stereocenters. The van der Waals surface area contributed by atoms with Gasteiger partial charge in [-0.25, -0.2) is 4.79 Å². The van der Waals surface area contributed by atoms with Gasteiger partial charge in [-0.05, 0) is 23.6 Å². The summed E-state index contributed by atoms with van der Waals surface area (Å²) >= 11 is 0. The second-order valence-corrected chi connectivity index (χ2v) is 3.49. The molecular weight excluding hydrogens is 205 g/mol. The molecule has 0 aromatic heterocycles. The maximum atomic E-state index is 13.5. The lowest BCUT2D eigenvalue weighted by molar-refractivity contribution is 0.0597. The number of hydrogen-bond acceptors (Lipinski definition) is 2. The Morgan fingerprint density at radius 3 is 2.56 bits per heavy atom. The van der Waals surface area contributed by atoms with Crippen molar-refractivity contribution in [2.75, 3.05) is 7.11 Å². The number of aryl methyl sites for hydroxylation is 1. The topological polar surface area (TPSA) is 26.3 Å². The number of benzene rings is 1. The van der Waals surface area contributed by atoms with Crippen molar-refractivity contribution in [2.24, 2.45) is 0 Å². The molecule has 2 nitrogen and oxygen atoms in total. The number of carbonyl (C=O) groups is 1. The molecule has 0 aliphatic carbocycles. The minimum atomic E-state index is -2.55. The van der Waals surface area contributed by atoms with E-state index in [9.17, 15) is 9.18 Å². The molecule has 0 aliphatic heterocycles. The molecule has 80 valence electrons. The zero-order valence-electron chi connectivity index (χ0n) is 9.29. The molecule has 1 aromatic carbocycles. The fraction of sp³-hybridized carbons (Fsp3) is 0.364. The molecule has 0 saturated carbocycles. The maximum absolute atomic E-state index is 13.5. The van der Waals surface area contributed by atoms with E-state index < -0.39 is 11.4 Å². The van der Waals surface area contributed by atoms with Gasteiger partial charge in [-0.1, -0.05) is 19.1 Å². The SMILES string of the molecule is [B]C([B])(F)c1cc(CC)ccc1C(=O)OC. The van der Waals surface area contributed by atoms with Crippen molar-refractivity contribution in [3.63, 3.8) is 0 Å². The van der Waals surface area contributed by atoms with Crippen molar-refractivity contribution < 1.29 is 13.9 Å². The van der Waals surface area contributed by atoms with Gasteiger partial charge in [0.15, 0.2) is 0 Å². The highest BCUT2D eigenvalue weighted by atomic mass is 19.1. The van der Waals surface area contributed by atoms with Crippen LogP contribution in [0.3, 0.4) is 0 Å². The first-order valence-electron chi connectivity index (χ1n) is 4.88. The monoisotopic (exact) mass is 216 g/mol. The Morgan fingerprint density at radius 2 is 2.12 bits per heavy atom. The second-order valence-electron chi connectivity index (χ2n) is 3.49. The van der Waals surface area contributed by atoms with Crippen molar-refractivity contribution in [3.05, 3.63) is 34.9 Å². The summed E-state index contributed by atoms with van der Waals surface area (Å²) in [5.41, 5.74) is -1.71. The summed E-state index contributed by atoms with van der Waals surface area (Å²) in [6.07, 6.45) is 0.699. The van der Waals surface area contributed by atoms with E-state index in [4.69, 9.17) is 15.7 Å². The number of halogens is 1. The summed E-state index contributed by atoms with van der Waals surface area (Å²) < 4.78 is 18.1. The average Bonchev–Trinajstić information content (AvgIpc) is 2.26. The van der Waals surface area contributed by atoms with Crippen LogP contribution in [0.15, 0.2) is 18.2 Å². The normalized spacial score (nSPS) is 11.2. The van der Waals surface area contributed by atoms with E-state index in [1.54, 1.807) is 6.07 Å². The van der Waals surface area contributed by atoms with Gasteiger partial charge in [-0.2, -0.15) is 0 Å². The zero-order chi connectivity index (χ0) is 12.3. The highest BCUT2D eigenvalue weighted by molar-refractivity contribution is 6.39. The van der Waals surface area contributed by atoms with Crippen LogP contribution in [0.1, 0.15) is 28.4 Å². The van der Waals surface area contributed by atoms with E-state index in [1.165, 1.54) is 19.2 Å². The highest BCUT2D eigenvalue weighted by Gasteiger charge is 2.25. The number of hydrogen-bond donors (Lipinski definition) is 0. The Bertz CT molecular complexity index is 399. The molecule has 0 bridgehead atoms. The number of esters is 1. The number of alkyl halides is 1. The predicted octanol–water partition coefficient (Wildman–Crippen LogP) is 1.45. The minimum absolute atomic E-state index is 0.0483. The van der Waals surface area contributed by atoms with E-state index in [2.05, 4.69) is 4.74 Å². The third-order valence-corrected chi connectivity index (χ3v) is 2.31. The standard InChI is InChI=1S/C11H11B2FO2/c1-3-7-4-5-8(10(15)16-2)9(6-7)11(12,13)14/h4-6H,3H2,1-2H3. The van der Waals surface area contributed by atoms with Gasteiger partial charge >= 0.3 is 5.97 Å². The van der Waals surface area contributed by atoms with Crippen LogP contribution in [0.25, 0.3) is 0 Å². The van der Waals surface area contributed by atoms with Crippen LogP contribution < -0.4 is 0 Å². The van der Waals surface area contributed by atoms with Crippen molar-refractivity contribution in [2.45, 2.75) is 18.8 Å². The first kappa shape index (κ1) is 12.8. The lowest BCUT2D eigenvalue weighted by Gasteiger charge is -2.20. The van der Waals surface area contributed by atoms with Gasteiger partial charge in [0.1, 0.15) is 15.7 Å². The Morgan fingerprint density at radius 1 is 1.50 bits per heavy atom. The van der Waals surface area contributed by atoms with Crippen molar-refractivity contribution in [1.82, 2.24) is 0 Å². The lowest BCUT2D eigenvalue weighted by atomic mass is 9.62. The molecule has 16 heavy (non-hydrogen) atoms. The van der Waals surface area contributed by atoms with Gasteiger partial charge < -0.3 is 4.74 Å². The van der Waals surface area contributed by atoms with Gasteiger partial charge in [0.2, 0.25) is 0 Å². The Hall–Kier alpha value is -1.25. The summed E-state index contributed by atoms with van der Waals surface area (Å²) in [6, 6.07) is 4.65. The van der Waals surface area contributed by atoms with Gasteiger partial charge in [0.05, 0.1) is 18.1 Å². The molecule has 0 spiro atoms. The molecular formula is C11H11B2FO2. The molecule has 0 saturated heterocycles. The van der Waals surface area contributed by atoms with Gasteiger partial charge in [-0.3, -0.25) is 4.39 Å². The molecule has 0 fully saturated rings. The zero-order valence-corrected chi connectivity index (χ0v) is 9.29. The Kier molecular flexibility index (Phi) is 3.79. The van der Waals surface area contributed by atoms with E-state index in [0.29, 0.717) is 6.42 Å². The number of ether oxygens (including phenoxy) is 1. The third kappa shape index (κ3) is 2.65. The molecule has 1 aromatic rings. The van der Waals surface area contributed by atoms with Crippen LogP contribution in [-0.4, -0.2) is 28.8 Å². The molecule has 0 N–H and O–H groups in total. The molecule has 0 amide bonds. The largest absolute Gasteiger partial charge is 0.465 e. The quantitative estimate of drug-likeness (QED) is 0.564. The van der Waals surface area contributed by atoms with Crippen LogP contribution in [0, 0.1) is 0 Å². The number of carbonyl (C=O) groups excluding carboxylic acids is 1. The Balaban J connectivity index is 3.33. The van der Waals surface area contributed by atoms with Crippen LogP contribution >= 0.6 is 0 Å². The molecule has 0 aliphatic rings. The Labute approximate surface area is 97.0 Å². The molecule has 0 heterocycles.